The number of pyridine rings is 1. The van der Waals surface area contributed by atoms with Crippen LogP contribution < -0.4 is 10.4 Å². The van der Waals surface area contributed by atoms with E-state index < -0.39 is 44.6 Å². The molecule has 1 unspecified atom stereocenters. The van der Waals surface area contributed by atoms with Crippen LogP contribution in [-0.2, 0) is 9.84 Å². The zero-order chi connectivity index (χ0) is 29.6. The van der Waals surface area contributed by atoms with E-state index in [1.807, 2.05) is 6.92 Å². The number of imidazole rings is 1. The van der Waals surface area contributed by atoms with Gasteiger partial charge in [0.15, 0.2) is 11.6 Å². The average Bonchev–Trinajstić information content (AvgIpc) is 3.15. The third-order valence-electron chi connectivity index (χ3n) is 7.74. The number of hydrogen-bond acceptors (Lipinski definition) is 7. The molecule has 0 radical (unpaired) electrons. The maximum Gasteiger partial charge on any atom is 0.334 e. The van der Waals surface area contributed by atoms with E-state index >= 15 is 4.39 Å². The molecular formula is C28H35F2N3O6S. The first-order valence-electron chi connectivity index (χ1n) is 13.2. The Balaban J connectivity index is 1.82. The van der Waals surface area contributed by atoms with Crippen LogP contribution in [0.2, 0.25) is 0 Å². The molecule has 12 heteroatoms. The molecule has 1 aliphatic heterocycles. The molecule has 0 spiro atoms. The van der Waals surface area contributed by atoms with Crippen LogP contribution >= 0.6 is 0 Å². The van der Waals surface area contributed by atoms with Gasteiger partial charge in [-0.2, -0.15) is 0 Å². The fourth-order valence-electron chi connectivity index (χ4n) is 4.87. The van der Waals surface area contributed by atoms with Crippen molar-refractivity contribution < 1.29 is 31.8 Å². The SMILES string of the molecule is CC(F)COc1cc(-n2c(=O)n([C@@H](C)C(C)(C)O)c3cc(C(=O)CC4(C)CCS(=O)(=O)CC4)ccc32)c(F)cn1. The van der Waals surface area contributed by atoms with Gasteiger partial charge in [-0.05, 0) is 64.2 Å². The Hall–Kier alpha value is -3.12. The van der Waals surface area contributed by atoms with Crippen LogP contribution in [0.3, 0.4) is 0 Å². The second-order valence-electron chi connectivity index (χ2n) is 11.6. The lowest BCUT2D eigenvalue weighted by atomic mass is 9.78. The summed E-state index contributed by atoms with van der Waals surface area (Å²) in [5.74, 6) is -1.03. The first-order chi connectivity index (χ1) is 18.5. The van der Waals surface area contributed by atoms with Crippen LogP contribution in [0.4, 0.5) is 8.78 Å². The second kappa shape index (κ2) is 10.7. The van der Waals surface area contributed by atoms with E-state index in [-0.39, 0.29) is 47.4 Å². The summed E-state index contributed by atoms with van der Waals surface area (Å²) in [5.41, 5.74) is -1.77. The smallest absolute Gasteiger partial charge is 0.334 e. The first kappa shape index (κ1) is 29.9. The number of carbonyl (C=O) groups is 1. The largest absolute Gasteiger partial charge is 0.475 e. The highest BCUT2D eigenvalue weighted by Crippen LogP contribution is 2.37. The molecule has 4 rings (SSSR count). The lowest BCUT2D eigenvalue weighted by Crippen LogP contribution is -2.37. The highest BCUT2D eigenvalue weighted by molar-refractivity contribution is 7.91. The van der Waals surface area contributed by atoms with E-state index in [9.17, 15) is 27.5 Å². The van der Waals surface area contributed by atoms with Crippen molar-refractivity contribution in [1.82, 2.24) is 14.1 Å². The summed E-state index contributed by atoms with van der Waals surface area (Å²) in [7, 11) is -3.09. The van der Waals surface area contributed by atoms with Gasteiger partial charge >= 0.3 is 5.69 Å². The van der Waals surface area contributed by atoms with Gasteiger partial charge in [-0.15, -0.1) is 0 Å². The van der Waals surface area contributed by atoms with Gasteiger partial charge < -0.3 is 9.84 Å². The molecule has 218 valence electrons. The minimum absolute atomic E-state index is 0.0365. The number of hydrogen-bond donors (Lipinski definition) is 1. The van der Waals surface area contributed by atoms with Crippen molar-refractivity contribution in [3.63, 3.8) is 0 Å². The monoisotopic (exact) mass is 579 g/mol. The van der Waals surface area contributed by atoms with Gasteiger partial charge in [-0.3, -0.25) is 13.9 Å². The maximum absolute atomic E-state index is 15.1. The molecule has 9 nitrogen and oxygen atoms in total. The quantitative estimate of drug-likeness (QED) is 0.378. The van der Waals surface area contributed by atoms with Crippen LogP contribution in [0, 0.1) is 11.2 Å². The van der Waals surface area contributed by atoms with Crippen molar-refractivity contribution in [2.75, 3.05) is 18.1 Å². The molecule has 0 aliphatic carbocycles. The number of nitrogens with zero attached hydrogens (tertiary/aromatic N) is 3. The zero-order valence-electron chi connectivity index (χ0n) is 23.3. The lowest BCUT2D eigenvalue weighted by molar-refractivity contribution is 0.0307. The number of aromatic nitrogens is 3. The van der Waals surface area contributed by atoms with Gasteiger partial charge in [0.05, 0.1) is 46.1 Å². The fourth-order valence-corrected chi connectivity index (χ4v) is 6.68. The van der Waals surface area contributed by atoms with Gasteiger partial charge in [0, 0.05) is 18.1 Å². The van der Waals surface area contributed by atoms with Crippen molar-refractivity contribution >= 4 is 26.7 Å². The number of fused-ring (bicyclic) bond motifs is 1. The average molecular weight is 580 g/mol. The number of Topliss-reactive ketones (excluding diaryl/α,β-unsaturated/α-hetero) is 1. The Morgan fingerprint density at radius 2 is 1.85 bits per heavy atom. The number of alkyl halides is 1. The first-order valence-corrected chi connectivity index (χ1v) is 15.0. The zero-order valence-corrected chi connectivity index (χ0v) is 24.1. The third-order valence-corrected chi connectivity index (χ3v) is 9.39. The summed E-state index contributed by atoms with van der Waals surface area (Å²) in [5, 5.41) is 10.8. The van der Waals surface area contributed by atoms with E-state index in [0.717, 1.165) is 10.8 Å². The van der Waals surface area contributed by atoms with Gasteiger partial charge in [0.25, 0.3) is 0 Å². The number of rotatable bonds is 9. The molecule has 1 saturated heterocycles. The number of carbonyl (C=O) groups excluding carboxylic acids is 1. The minimum atomic E-state index is -3.09. The van der Waals surface area contributed by atoms with Gasteiger partial charge in [0.2, 0.25) is 5.88 Å². The van der Waals surface area contributed by atoms with Gasteiger partial charge in [0.1, 0.15) is 22.6 Å². The maximum atomic E-state index is 15.1. The summed E-state index contributed by atoms with van der Waals surface area (Å²) >= 11 is 0. The predicted octanol–water partition coefficient (Wildman–Crippen LogP) is 4.18. The van der Waals surface area contributed by atoms with Crippen LogP contribution in [0.15, 0.2) is 35.3 Å². The standard InChI is InChI=1S/C28H35F2N3O6S/c1-17(29)16-39-25-13-22(20(30)15-31-25)33-21-7-6-19(12-23(21)32(26(33)35)18(2)27(3,4)36)24(34)14-28(5)8-10-40(37,38)11-9-28/h6-7,12-13,15,17-18,36H,8-11,14,16H2,1-5H3/t17?,18-/m0/s1. The Morgan fingerprint density at radius 1 is 1.20 bits per heavy atom. The highest BCUT2D eigenvalue weighted by Gasteiger charge is 2.36. The van der Waals surface area contributed by atoms with Crippen molar-refractivity contribution in [3.8, 4) is 11.6 Å². The van der Waals surface area contributed by atoms with Crippen LogP contribution in [0.25, 0.3) is 16.7 Å². The molecule has 1 aliphatic rings. The molecular weight excluding hydrogens is 544 g/mol. The normalized spacial score (nSPS) is 18.4. The number of ether oxygens (including phenoxy) is 1. The van der Waals surface area contributed by atoms with Crippen LogP contribution in [0.5, 0.6) is 5.88 Å². The van der Waals surface area contributed by atoms with Gasteiger partial charge in [-0.1, -0.05) is 6.92 Å². The van der Waals surface area contributed by atoms with E-state index in [2.05, 4.69) is 4.98 Å². The molecule has 0 saturated carbocycles. The molecule has 1 fully saturated rings. The van der Waals surface area contributed by atoms with Crippen molar-refractivity contribution in [2.24, 2.45) is 5.41 Å². The summed E-state index contributed by atoms with van der Waals surface area (Å²) in [6.45, 7) is 7.62. The molecule has 3 aromatic rings. The van der Waals surface area contributed by atoms with E-state index in [4.69, 9.17) is 4.74 Å². The number of aliphatic hydroxyl groups is 1. The molecule has 2 aromatic heterocycles. The Morgan fingerprint density at radius 3 is 2.45 bits per heavy atom. The Bertz CT molecular complexity index is 1590. The van der Waals surface area contributed by atoms with E-state index in [1.54, 1.807) is 19.1 Å². The Labute approximate surface area is 231 Å². The topological polar surface area (TPSA) is 120 Å². The number of benzene rings is 1. The molecule has 40 heavy (non-hydrogen) atoms. The van der Waals surface area contributed by atoms with E-state index in [1.165, 1.54) is 37.5 Å². The third kappa shape index (κ3) is 6.12. The highest BCUT2D eigenvalue weighted by atomic mass is 32.2. The number of ketones is 1. The van der Waals surface area contributed by atoms with Crippen LogP contribution in [0.1, 0.15) is 70.3 Å². The molecule has 1 aromatic carbocycles. The summed E-state index contributed by atoms with van der Waals surface area (Å²) in [6, 6.07) is 5.05. The minimum Gasteiger partial charge on any atom is -0.475 e. The summed E-state index contributed by atoms with van der Waals surface area (Å²) in [4.78, 5) is 31.0. The molecule has 3 heterocycles. The lowest BCUT2D eigenvalue weighted by Gasteiger charge is -2.32. The fraction of sp³-hybridized carbons (Fsp3) is 0.536. The second-order valence-corrected chi connectivity index (χ2v) is 14.0. The number of halogens is 2. The summed E-state index contributed by atoms with van der Waals surface area (Å²) in [6.07, 6.45) is 0.488. The van der Waals surface area contributed by atoms with Crippen molar-refractivity contribution in [2.45, 2.75) is 71.7 Å². The molecule has 0 amide bonds. The Kier molecular flexibility index (Phi) is 7.98. The van der Waals surface area contributed by atoms with E-state index in [0.29, 0.717) is 23.9 Å². The van der Waals surface area contributed by atoms with Crippen molar-refractivity contribution in [3.05, 3.63) is 52.3 Å². The number of sulfone groups is 1. The summed E-state index contributed by atoms with van der Waals surface area (Å²) < 4.78 is 59.9. The van der Waals surface area contributed by atoms with Crippen molar-refractivity contribution in [1.29, 1.82) is 0 Å². The molecule has 0 bridgehead atoms. The predicted molar refractivity (Wildman–Crippen MR) is 147 cm³/mol. The van der Waals surface area contributed by atoms with Gasteiger partial charge in [-0.25, -0.2) is 27.0 Å². The molecule has 1 N–H and O–H groups in total. The molecule has 2 atom stereocenters. The van der Waals surface area contributed by atoms with Crippen LogP contribution in [-0.4, -0.2) is 63.3 Å².